The molecule has 1 saturated heterocycles. The molecule has 3 aliphatic rings. The van der Waals surface area contributed by atoms with Crippen molar-refractivity contribution in [2.45, 2.75) is 6.54 Å². The number of phenolic OH excluding ortho intramolecular Hbond substituents is 1. The average Bonchev–Trinajstić information content (AvgIpc) is 3.30. The lowest BCUT2D eigenvalue weighted by molar-refractivity contribution is -0.921. The Labute approximate surface area is 161 Å². The van der Waals surface area contributed by atoms with Crippen LogP contribution in [0.5, 0.6) is 23.0 Å². The number of allylic oxidation sites excluding steroid dienone is 1. The van der Waals surface area contributed by atoms with Crippen LogP contribution in [-0.4, -0.2) is 44.0 Å². The van der Waals surface area contributed by atoms with E-state index >= 15 is 0 Å². The number of benzene rings is 2. The Balaban J connectivity index is 1.45. The van der Waals surface area contributed by atoms with Gasteiger partial charge in [0, 0.05) is 0 Å². The first-order valence-electron chi connectivity index (χ1n) is 9.29. The Morgan fingerprint density at radius 3 is 2.75 bits per heavy atom. The summed E-state index contributed by atoms with van der Waals surface area (Å²) >= 11 is 0. The van der Waals surface area contributed by atoms with Crippen LogP contribution in [0, 0.1) is 0 Å². The molecule has 2 aromatic carbocycles. The van der Waals surface area contributed by atoms with Gasteiger partial charge in [0.05, 0.1) is 24.3 Å². The zero-order valence-corrected chi connectivity index (χ0v) is 15.2. The molecule has 0 aromatic heterocycles. The monoisotopic (exact) mass is 382 g/mol. The lowest BCUT2D eigenvalue weighted by Gasteiger charge is -2.24. The highest BCUT2D eigenvalue weighted by Crippen LogP contribution is 2.40. The van der Waals surface area contributed by atoms with Gasteiger partial charge in [0.15, 0.2) is 23.0 Å². The van der Waals surface area contributed by atoms with Crippen molar-refractivity contribution in [3.8, 4) is 23.0 Å². The third-order valence-electron chi connectivity index (χ3n) is 5.24. The van der Waals surface area contributed by atoms with Crippen molar-refractivity contribution in [2.24, 2.45) is 0 Å². The quantitative estimate of drug-likeness (QED) is 0.776. The van der Waals surface area contributed by atoms with Crippen LogP contribution in [0.1, 0.15) is 21.5 Å². The highest BCUT2D eigenvalue weighted by molar-refractivity contribution is 6.15. The summed E-state index contributed by atoms with van der Waals surface area (Å²) in [6.45, 7) is 3.89. The van der Waals surface area contributed by atoms with E-state index in [1.807, 2.05) is 12.1 Å². The number of carbonyl (C=O) groups excluding carboxylic acids is 1. The van der Waals surface area contributed by atoms with Crippen LogP contribution in [0.4, 0.5) is 0 Å². The van der Waals surface area contributed by atoms with Crippen molar-refractivity contribution in [1.29, 1.82) is 0 Å². The highest BCUT2D eigenvalue weighted by atomic mass is 16.7. The Bertz CT molecular complexity index is 977. The number of ether oxygens (including phenoxy) is 4. The van der Waals surface area contributed by atoms with E-state index in [9.17, 15) is 9.90 Å². The summed E-state index contributed by atoms with van der Waals surface area (Å²) < 4.78 is 22.0. The molecule has 0 aliphatic carbocycles. The van der Waals surface area contributed by atoms with E-state index in [-0.39, 0.29) is 24.1 Å². The lowest BCUT2D eigenvalue weighted by Crippen LogP contribution is -3.12. The van der Waals surface area contributed by atoms with Gasteiger partial charge in [0.2, 0.25) is 12.6 Å². The number of nitrogens with one attached hydrogen (secondary N) is 1. The van der Waals surface area contributed by atoms with Crippen LogP contribution >= 0.6 is 0 Å². The molecule has 0 amide bonds. The van der Waals surface area contributed by atoms with Gasteiger partial charge in [-0.05, 0) is 35.9 Å². The maximum Gasteiger partial charge on any atom is 0.231 e. The van der Waals surface area contributed by atoms with Crippen LogP contribution in [0.2, 0.25) is 0 Å². The smallest absolute Gasteiger partial charge is 0.231 e. The number of rotatable bonds is 3. The molecule has 3 aliphatic heterocycles. The second-order valence-electron chi connectivity index (χ2n) is 7.03. The molecule has 0 bridgehead atoms. The number of hydrogen-bond acceptors (Lipinski definition) is 6. The first-order chi connectivity index (χ1) is 13.7. The van der Waals surface area contributed by atoms with Gasteiger partial charge in [-0.3, -0.25) is 4.79 Å². The van der Waals surface area contributed by atoms with E-state index < -0.39 is 0 Å². The Kier molecular flexibility index (Phi) is 4.18. The molecule has 28 heavy (non-hydrogen) atoms. The normalized spacial score (nSPS) is 19.7. The molecule has 3 heterocycles. The van der Waals surface area contributed by atoms with Crippen LogP contribution < -0.4 is 19.1 Å². The van der Waals surface area contributed by atoms with E-state index in [4.69, 9.17) is 18.9 Å². The van der Waals surface area contributed by atoms with Crippen LogP contribution in [0.15, 0.2) is 36.1 Å². The van der Waals surface area contributed by atoms with Gasteiger partial charge >= 0.3 is 0 Å². The second-order valence-corrected chi connectivity index (χ2v) is 7.03. The summed E-state index contributed by atoms with van der Waals surface area (Å²) in [5.41, 5.74) is 1.93. The minimum Gasteiger partial charge on any atom is -0.507 e. The largest absolute Gasteiger partial charge is 0.507 e. The molecule has 2 aromatic rings. The third kappa shape index (κ3) is 2.98. The SMILES string of the molecule is O=C1/C(=C/c2ccc3c(c2)OCO3)Oc2c1ccc(O)c2C[NH+]1CCOCC1. The van der Waals surface area contributed by atoms with Crippen molar-refractivity contribution >= 4 is 11.9 Å². The first kappa shape index (κ1) is 17.1. The van der Waals surface area contributed by atoms with E-state index in [1.165, 1.54) is 4.90 Å². The topological polar surface area (TPSA) is 78.7 Å². The first-order valence-corrected chi connectivity index (χ1v) is 9.29. The van der Waals surface area contributed by atoms with Crippen molar-refractivity contribution < 1.29 is 33.7 Å². The van der Waals surface area contributed by atoms with Gasteiger partial charge < -0.3 is 29.0 Å². The maximum atomic E-state index is 12.8. The summed E-state index contributed by atoms with van der Waals surface area (Å²) in [7, 11) is 0. The fourth-order valence-corrected chi connectivity index (χ4v) is 3.71. The molecule has 144 valence electrons. The van der Waals surface area contributed by atoms with Crippen molar-refractivity contribution in [1.82, 2.24) is 0 Å². The van der Waals surface area contributed by atoms with Gasteiger partial charge in [-0.25, -0.2) is 0 Å². The molecule has 7 nitrogen and oxygen atoms in total. The Morgan fingerprint density at radius 2 is 1.89 bits per heavy atom. The molecule has 0 atom stereocenters. The fourth-order valence-electron chi connectivity index (χ4n) is 3.71. The minimum absolute atomic E-state index is 0.148. The van der Waals surface area contributed by atoms with Crippen LogP contribution in [-0.2, 0) is 11.3 Å². The molecule has 5 rings (SSSR count). The number of quaternary nitrogens is 1. The number of Topliss-reactive ketones (excluding diaryl/α,β-unsaturated/α-hetero) is 1. The van der Waals surface area contributed by atoms with Crippen molar-refractivity contribution in [3.63, 3.8) is 0 Å². The van der Waals surface area contributed by atoms with Crippen molar-refractivity contribution in [3.05, 3.63) is 52.8 Å². The van der Waals surface area contributed by atoms with Gasteiger partial charge in [-0.15, -0.1) is 0 Å². The maximum absolute atomic E-state index is 12.8. The van der Waals surface area contributed by atoms with E-state index in [0.717, 1.165) is 18.7 Å². The second kappa shape index (κ2) is 6.85. The van der Waals surface area contributed by atoms with Crippen molar-refractivity contribution in [2.75, 3.05) is 33.1 Å². The molecule has 2 N–H and O–H groups in total. The van der Waals surface area contributed by atoms with Gasteiger partial charge in [-0.1, -0.05) is 6.07 Å². The summed E-state index contributed by atoms with van der Waals surface area (Å²) in [5.74, 6) is 1.98. The number of phenols is 1. The average molecular weight is 382 g/mol. The molecule has 7 heteroatoms. The predicted molar refractivity (Wildman–Crippen MR) is 98.8 cm³/mol. The molecular formula is C21H20NO6+. The summed E-state index contributed by atoms with van der Waals surface area (Å²) in [4.78, 5) is 14.1. The fraction of sp³-hybridized carbons (Fsp3) is 0.286. The number of carbonyl (C=O) groups is 1. The standard InChI is InChI=1S/C21H19NO6/c23-16-3-2-14-20(24)19(10-13-1-4-17-18(9-13)27-12-26-17)28-21(14)15(16)11-22-5-7-25-8-6-22/h1-4,9-10,23H,5-8,11-12H2/p+1/b19-10-. The Hall–Kier alpha value is -3.03. The lowest BCUT2D eigenvalue weighted by atomic mass is 10.0. The van der Waals surface area contributed by atoms with E-state index in [2.05, 4.69) is 0 Å². The number of aromatic hydroxyl groups is 1. The van der Waals surface area contributed by atoms with Gasteiger partial charge in [0.1, 0.15) is 25.4 Å². The summed E-state index contributed by atoms with van der Waals surface area (Å²) in [6.07, 6.45) is 1.69. The van der Waals surface area contributed by atoms with Gasteiger partial charge in [0.25, 0.3) is 0 Å². The Morgan fingerprint density at radius 1 is 1.07 bits per heavy atom. The minimum atomic E-state index is -0.189. The number of fused-ring (bicyclic) bond motifs is 2. The molecular weight excluding hydrogens is 362 g/mol. The van der Waals surface area contributed by atoms with Gasteiger partial charge in [-0.2, -0.15) is 0 Å². The predicted octanol–water partition coefficient (Wildman–Crippen LogP) is 1.15. The van der Waals surface area contributed by atoms with E-state index in [1.54, 1.807) is 24.3 Å². The molecule has 0 unspecified atom stereocenters. The van der Waals surface area contributed by atoms with Crippen LogP contribution in [0.3, 0.4) is 0 Å². The highest BCUT2D eigenvalue weighted by Gasteiger charge is 2.33. The zero-order chi connectivity index (χ0) is 19.1. The molecule has 1 fully saturated rings. The molecule has 0 spiro atoms. The van der Waals surface area contributed by atoms with E-state index in [0.29, 0.717) is 48.1 Å². The number of ketones is 1. The third-order valence-corrected chi connectivity index (χ3v) is 5.24. The zero-order valence-electron chi connectivity index (χ0n) is 15.2. The summed E-state index contributed by atoms with van der Waals surface area (Å²) in [6, 6.07) is 8.65. The summed E-state index contributed by atoms with van der Waals surface area (Å²) in [5, 5.41) is 10.4. The van der Waals surface area contributed by atoms with Crippen LogP contribution in [0.25, 0.3) is 6.08 Å². The molecule has 0 saturated carbocycles. The number of hydrogen-bond donors (Lipinski definition) is 2. The molecule has 0 radical (unpaired) electrons. The number of morpholine rings is 1.